The molecule has 1 unspecified atom stereocenters. The maximum Gasteiger partial charge on any atom is 0.257 e. The minimum atomic E-state index is -0.221. The fraction of sp³-hybridized carbons (Fsp3) is 0.381. The zero-order chi connectivity index (χ0) is 18.4. The summed E-state index contributed by atoms with van der Waals surface area (Å²) < 4.78 is 18.7. The molecule has 1 fully saturated rings. The van der Waals surface area contributed by atoms with Crippen molar-refractivity contribution in [1.82, 2.24) is 5.32 Å². The molecule has 5 heteroatoms. The van der Waals surface area contributed by atoms with Gasteiger partial charge in [0.15, 0.2) is 6.61 Å². The van der Waals surface area contributed by atoms with E-state index in [4.69, 9.17) is 4.74 Å². The van der Waals surface area contributed by atoms with Crippen LogP contribution < -0.4 is 15.0 Å². The maximum absolute atomic E-state index is 13.0. The van der Waals surface area contributed by atoms with E-state index in [1.165, 1.54) is 12.1 Å². The summed E-state index contributed by atoms with van der Waals surface area (Å²) >= 11 is 0. The number of nitrogens with zero attached hydrogens (tertiary/aromatic N) is 1. The van der Waals surface area contributed by atoms with Crippen molar-refractivity contribution in [2.24, 2.45) is 5.92 Å². The van der Waals surface area contributed by atoms with E-state index in [1.807, 2.05) is 24.3 Å². The Bertz CT molecular complexity index is 733. The summed E-state index contributed by atoms with van der Waals surface area (Å²) in [5.41, 5.74) is 2.13. The van der Waals surface area contributed by atoms with Crippen LogP contribution in [0.3, 0.4) is 0 Å². The predicted octanol–water partition coefficient (Wildman–Crippen LogP) is 3.41. The van der Waals surface area contributed by atoms with Gasteiger partial charge in [0, 0.05) is 25.3 Å². The first-order valence-electron chi connectivity index (χ1n) is 9.13. The first kappa shape index (κ1) is 18.2. The van der Waals surface area contributed by atoms with E-state index in [2.05, 4.69) is 17.1 Å². The number of carbonyl (C=O) groups excluding carboxylic acids is 1. The highest BCUT2D eigenvalue weighted by atomic mass is 19.1. The predicted molar refractivity (Wildman–Crippen MR) is 101 cm³/mol. The lowest BCUT2D eigenvalue weighted by molar-refractivity contribution is -0.123. The normalized spacial score (nSPS) is 16.5. The standard InChI is InChI=1S/C21H25FN2O2/c1-2-17-5-3-4-6-20(17)26-15-21(25)23-13-16-11-12-24(14-16)19-9-7-18(22)8-10-19/h3-10,16H,2,11-15H2,1H3,(H,23,25). The molecule has 0 aliphatic carbocycles. The van der Waals surface area contributed by atoms with Gasteiger partial charge in [0.25, 0.3) is 5.91 Å². The van der Waals surface area contributed by atoms with Crippen molar-refractivity contribution in [1.29, 1.82) is 0 Å². The average Bonchev–Trinajstić information content (AvgIpc) is 3.14. The first-order valence-corrected chi connectivity index (χ1v) is 9.13. The Hall–Kier alpha value is -2.56. The summed E-state index contributed by atoms with van der Waals surface area (Å²) in [4.78, 5) is 14.3. The van der Waals surface area contributed by atoms with Gasteiger partial charge in [0.1, 0.15) is 11.6 Å². The van der Waals surface area contributed by atoms with Crippen molar-refractivity contribution >= 4 is 11.6 Å². The van der Waals surface area contributed by atoms with Crippen molar-refractivity contribution in [3.05, 3.63) is 59.9 Å². The molecule has 1 heterocycles. The topological polar surface area (TPSA) is 41.6 Å². The first-order chi connectivity index (χ1) is 12.7. The van der Waals surface area contributed by atoms with Gasteiger partial charge in [-0.15, -0.1) is 0 Å². The Labute approximate surface area is 154 Å². The fourth-order valence-corrected chi connectivity index (χ4v) is 3.27. The van der Waals surface area contributed by atoms with E-state index in [0.717, 1.165) is 42.9 Å². The van der Waals surface area contributed by atoms with Crippen LogP contribution in [-0.4, -0.2) is 32.1 Å². The summed E-state index contributed by atoms with van der Waals surface area (Å²) in [6.45, 7) is 4.52. The Morgan fingerprint density at radius 3 is 2.77 bits per heavy atom. The van der Waals surface area contributed by atoms with Gasteiger partial charge in [-0.3, -0.25) is 4.79 Å². The van der Waals surface area contributed by atoms with Crippen LogP contribution in [0, 0.1) is 11.7 Å². The van der Waals surface area contributed by atoms with Crippen molar-refractivity contribution < 1.29 is 13.9 Å². The number of hydrogen-bond acceptors (Lipinski definition) is 3. The van der Waals surface area contributed by atoms with Gasteiger partial charge in [-0.05, 0) is 54.7 Å². The quantitative estimate of drug-likeness (QED) is 0.827. The van der Waals surface area contributed by atoms with Crippen LogP contribution in [0.2, 0.25) is 0 Å². The maximum atomic E-state index is 13.0. The average molecular weight is 356 g/mol. The minimum absolute atomic E-state index is 0.0331. The number of halogens is 1. The van der Waals surface area contributed by atoms with Gasteiger partial charge in [-0.2, -0.15) is 0 Å². The highest BCUT2D eigenvalue weighted by molar-refractivity contribution is 5.77. The zero-order valence-electron chi connectivity index (χ0n) is 15.1. The number of benzene rings is 2. The zero-order valence-corrected chi connectivity index (χ0v) is 15.1. The molecular formula is C21H25FN2O2. The second-order valence-electron chi connectivity index (χ2n) is 6.63. The van der Waals surface area contributed by atoms with E-state index in [9.17, 15) is 9.18 Å². The monoisotopic (exact) mass is 356 g/mol. The Morgan fingerprint density at radius 2 is 2.00 bits per heavy atom. The fourth-order valence-electron chi connectivity index (χ4n) is 3.27. The van der Waals surface area contributed by atoms with Crippen molar-refractivity contribution in [2.45, 2.75) is 19.8 Å². The van der Waals surface area contributed by atoms with Crippen LogP contribution in [0.25, 0.3) is 0 Å². The lowest BCUT2D eigenvalue weighted by Crippen LogP contribution is -2.34. The molecule has 1 amide bonds. The molecule has 1 saturated heterocycles. The summed E-state index contributed by atoms with van der Waals surface area (Å²) in [7, 11) is 0. The summed E-state index contributed by atoms with van der Waals surface area (Å²) in [6, 6.07) is 14.4. The van der Waals surface area contributed by atoms with Gasteiger partial charge in [0.05, 0.1) is 0 Å². The van der Waals surface area contributed by atoms with Crippen LogP contribution in [0.15, 0.2) is 48.5 Å². The molecule has 0 aromatic heterocycles. The van der Waals surface area contributed by atoms with E-state index in [1.54, 1.807) is 12.1 Å². The molecule has 26 heavy (non-hydrogen) atoms. The molecule has 0 radical (unpaired) electrons. The third-order valence-corrected chi connectivity index (χ3v) is 4.78. The molecule has 1 N–H and O–H groups in total. The smallest absolute Gasteiger partial charge is 0.257 e. The number of anilines is 1. The second-order valence-corrected chi connectivity index (χ2v) is 6.63. The third-order valence-electron chi connectivity index (χ3n) is 4.78. The number of rotatable bonds is 7. The molecule has 1 aliphatic heterocycles. The van der Waals surface area contributed by atoms with E-state index >= 15 is 0 Å². The molecule has 3 rings (SSSR count). The van der Waals surface area contributed by atoms with E-state index in [-0.39, 0.29) is 18.3 Å². The molecule has 4 nitrogen and oxygen atoms in total. The van der Waals surface area contributed by atoms with Crippen molar-refractivity contribution in [3.8, 4) is 5.75 Å². The SMILES string of the molecule is CCc1ccccc1OCC(=O)NCC1CCN(c2ccc(F)cc2)C1. The van der Waals surface area contributed by atoms with Crippen LogP contribution in [0.4, 0.5) is 10.1 Å². The number of carbonyl (C=O) groups is 1. The van der Waals surface area contributed by atoms with Gasteiger partial charge in [-0.25, -0.2) is 4.39 Å². The number of amides is 1. The van der Waals surface area contributed by atoms with Crippen molar-refractivity contribution in [2.75, 3.05) is 31.1 Å². The molecule has 138 valence electrons. The highest BCUT2D eigenvalue weighted by Crippen LogP contribution is 2.23. The second kappa shape index (κ2) is 8.70. The van der Waals surface area contributed by atoms with Crippen LogP contribution in [0.1, 0.15) is 18.9 Å². The van der Waals surface area contributed by atoms with E-state index < -0.39 is 0 Å². The van der Waals surface area contributed by atoms with Crippen LogP contribution in [0.5, 0.6) is 5.75 Å². The molecule has 1 atom stereocenters. The van der Waals surface area contributed by atoms with E-state index in [0.29, 0.717) is 12.5 Å². The van der Waals surface area contributed by atoms with Gasteiger partial charge >= 0.3 is 0 Å². The Kier molecular flexibility index (Phi) is 6.10. The van der Waals surface area contributed by atoms with Crippen LogP contribution in [-0.2, 0) is 11.2 Å². The molecule has 1 aliphatic rings. The van der Waals surface area contributed by atoms with Gasteiger partial charge in [0.2, 0.25) is 0 Å². The molecule has 2 aromatic carbocycles. The number of nitrogens with one attached hydrogen (secondary N) is 1. The lowest BCUT2D eigenvalue weighted by atomic mass is 10.1. The number of hydrogen-bond donors (Lipinski definition) is 1. The number of ether oxygens (including phenoxy) is 1. The minimum Gasteiger partial charge on any atom is -0.483 e. The summed E-state index contributed by atoms with van der Waals surface area (Å²) in [6.07, 6.45) is 1.89. The molecule has 0 saturated carbocycles. The largest absolute Gasteiger partial charge is 0.483 e. The number of para-hydroxylation sites is 1. The number of aryl methyl sites for hydroxylation is 1. The molecule has 0 spiro atoms. The van der Waals surface area contributed by atoms with Gasteiger partial charge in [-0.1, -0.05) is 25.1 Å². The molecular weight excluding hydrogens is 331 g/mol. The lowest BCUT2D eigenvalue weighted by Gasteiger charge is -2.19. The molecule has 0 bridgehead atoms. The van der Waals surface area contributed by atoms with Gasteiger partial charge < -0.3 is 15.0 Å². The highest BCUT2D eigenvalue weighted by Gasteiger charge is 2.23. The summed E-state index contributed by atoms with van der Waals surface area (Å²) in [5, 5.41) is 2.96. The Morgan fingerprint density at radius 1 is 1.23 bits per heavy atom. The molecule has 2 aromatic rings. The van der Waals surface area contributed by atoms with Crippen molar-refractivity contribution in [3.63, 3.8) is 0 Å². The Balaban J connectivity index is 1.41. The summed E-state index contributed by atoms with van der Waals surface area (Å²) in [5.74, 6) is 0.845. The van der Waals surface area contributed by atoms with Crippen LogP contribution >= 0.6 is 0 Å². The third kappa shape index (κ3) is 4.75.